The SMILES string of the molecule is Cc1c(N2CCC[C@@H](C)[C@H]2CNc2nnc(C(F)(F)F)s2)cnc(C=O)c1-n1nccn1. The summed E-state index contributed by atoms with van der Waals surface area (Å²) < 4.78 is 38.5. The molecule has 0 aromatic carbocycles. The van der Waals surface area contributed by atoms with Gasteiger partial charge in [0.25, 0.3) is 0 Å². The first-order valence-electron chi connectivity index (χ1n) is 10.0. The number of hydrogen-bond donors (Lipinski definition) is 1. The minimum absolute atomic E-state index is 0.0250. The van der Waals surface area contributed by atoms with Crippen molar-refractivity contribution >= 4 is 28.4 Å². The number of nitrogens with zero attached hydrogens (tertiary/aromatic N) is 7. The lowest BCUT2D eigenvalue weighted by atomic mass is 9.89. The number of anilines is 2. The molecule has 32 heavy (non-hydrogen) atoms. The summed E-state index contributed by atoms with van der Waals surface area (Å²) in [6, 6.07) is -0.0250. The second kappa shape index (κ2) is 8.81. The Morgan fingerprint density at radius 2 is 2.03 bits per heavy atom. The van der Waals surface area contributed by atoms with Crippen LogP contribution in [0, 0.1) is 12.8 Å². The van der Waals surface area contributed by atoms with Crippen LogP contribution in [0.25, 0.3) is 5.69 Å². The standard InChI is InChI=1S/C19H21F3N8OS/c1-11-4-3-7-29(14(11)8-24-18-28-27-17(32-18)19(20,21)22)15-9-23-13(10-31)16(12(15)2)30-25-5-6-26-30/h5-6,9-11,14H,3-4,7-8H2,1-2H3,(H,24,28)/t11-,14-/m1/s1. The highest BCUT2D eigenvalue weighted by atomic mass is 32.1. The largest absolute Gasteiger partial charge is 0.445 e. The lowest BCUT2D eigenvalue weighted by Gasteiger charge is -2.42. The molecule has 3 aromatic rings. The normalized spacial score (nSPS) is 19.2. The van der Waals surface area contributed by atoms with Gasteiger partial charge in [-0.3, -0.25) is 4.79 Å². The van der Waals surface area contributed by atoms with Gasteiger partial charge in [0.1, 0.15) is 11.4 Å². The van der Waals surface area contributed by atoms with Crippen LogP contribution >= 0.6 is 11.3 Å². The molecule has 0 spiro atoms. The van der Waals surface area contributed by atoms with E-state index in [1.165, 1.54) is 17.2 Å². The molecule has 0 unspecified atom stereocenters. The van der Waals surface area contributed by atoms with Crippen molar-refractivity contribution in [3.8, 4) is 5.69 Å². The van der Waals surface area contributed by atoms with E-state index in [0.717, 1.165) is 30.6 Å². The summed E-state index contributed by atoms with van der Waals surface area (Å²) in [6.45, 7) is 5.12. The molecule has 0 aliphatic carbocycles. The molecule has 0 bridgehead atoms. The third kappa shape index (κ3) is 4.29. The smallest absolute Gasteiger partial charge is 0.365 e. The molecule has 3 aromatic heterocycles. The van der Waals surface area contributed by atoms with E-state index in [2.05, 4.69) is 42.5 Å². The molecule has 2 atom stereocenters. The van der Waals surface area contributed by atoms with E-state index in [4.69, 9.17) is 0 Å². The minimum Gasteiger partial charge on any atom is -0.365 e. The van der Waals surface area contributed by atoms with Gasteiger partial charge in [-0.05, 0) is 25.7 Å². The van der Waals surface area contributed by atoms with Gasteiger partial charge in [0, 0.05) is 24.7 Å². The fraction of sp³-hybridized carbons (Fsp3) is 0.474. The summed E-state index contributed by atoms with van der Waals surface area (Å²) >= 11 is 0.488. The van der Waals surface area contributed by atoms with Gasteiger partial charge >= 0.3 is 6.18 Å². The van der Waals surface area contributed by atoms with Crippen molar-refractivity contribution in [2.75, 3.05) is 23.3 Å². The van der Waals surface area contributed by atoms with Crippen molar-refractivity contribution in [1.82, 2.24) is 30.2 Å². The molecule has 170 valence electrons. The number of hydrogen-bond acceptors (Lipinski definition) is 9. The number of carbonyl (C=O) groups is 1. The van der Waals surface area contributed by atoms with Crippen LogP contribution in [0.15, 0.2) is 18.6 Å². The van der Waals surface area contributed by atoms with Crippen molar-refractivity contribution in [1.29, 1.82) is 0 Å². The first kappa shape index (κ1) is 22.1. The lowest BCUT2D eigenvalue weighted by molar-refractivity contribution is -0.138. The molecule has 0 amide bonds. The van der Waals surface area contributed by atoms with Gasteiger partial charge in [-0.15, -0.1) is 15.0 Å². The van der Waals surface area contributed by atoms with Crippen molar-refractivity contribution in [3.05, 3.63) is 34.9 Å². The number of pyridine rings is 1. The molecule has 1 N–H and O–H groups in total. The number of rotatable bonds is 6. The number of aldehydes is 1. The molecule has 4 heterocycles. The van der Waals surface area contributed by atoms with E-state index in [1.54, 1.807) is 6.20 Å². The zero-order chi connectivity index (χ0) is 22.9. The zero-order valence-electron chi connectivity index (χ0n) is 17.4. The predicted octanol–water partition coefficient (Wildman–Crippen LogP) is 3.37. The Labute approximate surface area is 185 Å². The molecule has 13 heteroatoms. The summed E-state index contributed by atoms with van der Waals surface area (Å²) in [6.07, 6.45) is 2.80. The van der Waals surface area contributed by atoms with Crippen LogP contribution in [0.4, 0.5) is 24.0 Å². The van der Waals surface area contributed by atoms with Crippen molar-refractivity contribution in [2.45, 2.75) is 38.9 Å². The molecule has 1 aliphatic heterocycles. The second-order valence-corrected chi connectivity index (χ2v) is 8.59. The maximum absolute atomic E-state index is 12.8. The molecule has 4 rings (SSSR count). The summed E-state index contributed by atoms with van der Waals surface area (Å²) in [5, 5.41) is 17.3. The van der Waals surface area contributed by atoms with Gasteiger partial charge in [-0.2, -0.15) is 23.4 Å². The highest BCUT2D eigenvalue weighted by Crippen LogP contribution is 2.35. The number of aromatic nitrogens is 6. The summed E-state index contributed by atoms with van der Waals surface area (Å²) in [4.78, 5) is 19.4. The quantitative estimate of drug-likeness (QED) is 0.552. The van der Waals surface area contributed by atoms with Gasteiger partial charge in [0.15, 0.2) is 6.29 Å². The Bertz CT molecular complexity index is 1080. The van der Waals surface area contributed by atoms with Crippen LogP contribution in [-0.4, -0.2) is 55.6 Å². The average molecular weight is 466 g/mol. The lowest BCUT2D eigenvalue weighted by Crippen LogP contribution is -2.48. The first-order chi connectivity index (χ1) is 15.3. The fourth-order valence-electron chi connectivity index (χ4n) is 4.02. The van der Waals surface area contributed by atoms with Crippen LogP contribution in [0.3, 0.4) is 0 Å². The Kier molecular flexibility index (Phi) is 6.09. The number of carbonyl (C=O) groups excluding carboxylic acids is 1. The van der Waals surface area contributed by atoms with Crippen molar-refractivity contribution < 1.29 is 18.0 Å². The van der Waals surface area contributed by atoms with Gasteiger partial charge in [-0.1, -0.05) is 18.3 Å². The number of alkyl halides is 3. The van der Waals surface area contributed by atoms with Crippen LogP contribution in [0.5, 0.6) is 0 Å². The van der Waals surface area contributed by atoms with E-state index in [0.29, 0.717) is 29.9 Å². The molecule has 1 saturated heterocycles. The molecular weight excluding hydrogens is 445 g/mol. The Morgan fingerprint density at radius 1 is 1.28 bits per heavy atom. The van der Waals surface area contributed by atoms with E-state index < -0.39 is 11.2 Å². The highest BCUT2D eigenvalue weighted by molar-refractivity contribution is 7.15. The second-order valence-electron chi connectivity index (χ2n) is 7.61. The maximum Gasteiger partial charge on any atom is 0.445 e. The van der Waals surface area contributed by atoms with Gasteiger partial charge in [0.05, 0.1) is 24.3 Å². The maximum atomic E-state index is 12.8. The summed E-state index contributed by atoms with van der Waals surface area (Å²) in [5.41, 5.74) is 2.37. The van der Waals surface area contributed by atoms with E-state index in [-0.39, 0.29) is 22.8 Å². The average Bonchev–Trinajstić information content (AvgIpc) is 3.44. The van der Waals surface area contributed by atoms with Crippen molar-refractivity contribution in [2.24, 2.45) is 5.92 Å². The Balaban J connectivity index is 1.62. The number of halogens is 3. The highest BCUT2D eigenvalue weighted by Gasteiger charge is 2.36. The van der Waals surface area contributed by atoms with Crippen LogP contribution in [-0.2, 0) is 6.18 Å². The molecule has 1 aliphatic rings. The molecule has 0 saturated carbocycles. The molecule has 9 nitrogen and oxygen atoms in total. The van der Waals surface area contributed by atoms with Crippen LogP contribution < -0.4 is 10.2 Å². The number of piperidine rings is 1. The molecular formula is C19H21F3N8OS. The van der Waals surface area contributed by atoms with Crippen LogP contribution in [0.2, 0.25) is 0 Å². The predicted molar refractivity (Wildman–Crippen MR) is 112 cm³/mol. The molecule has 1 fully saturated rings. The Hall–Kier alpha value is -3.09. The van der Waals surface area contributed by atoms with E-state index >= 15 is 0 Å². The third-order valence-electron chi connectivity index (χ3n) is 5.59. The first-order valence-corrected chi connectivity index (χ1v) is 10.8. The Morgan fingerprint density at radius 3 is 2.69 bits per heavy atom. The zero-order valence-corrected chi connectivity index (χ0v) is 18.2. The molecule has 0 radical (unpaired) electrons. The third-order valence-corrected chi connectivity index (χ3v) is 6.52. The minimum atomic E-state index is -4.51. The topological polar surface area (TPSA) is 102 Å². The van der Waals surface area contributed by atoms with Gasteiger partial charge in [0.2, 0.25) is 10.1 Å². The van der Waals surface area contributed by atoms with Gasteiger partial charge in [-0.25, -0.2) is 4.98 Å². The van der Waals surface area contributed by atoms with Gasteiger partial charge < -0.3 is 10.2 Å². The number of nitrogens with one attached hydrogen (secondary N) is 1. The monoisotopic (exact) mass is 466 g/mol. The van der Waals surface area contributed by atoms with E-state index in [1.807, 2.05) is 6.92 Å². The van der Waals surface area contributed by atoms with E-state index in [9.17, 15) is 18.0 Å². The van der Waals surface area contributed by atoms with Crippen LogP contribution in [0.1, 0.15) is 40.8 Å². The van der Waals surface area contributed by atoms with Crippen molar-refractivity contribution in [3.63, 3.8) is 0 Å². The summed E-state index contributed by atoms with van der Waals surface area (Å²) in [5.74, 6) is 0.266. The fourth-order valence-corrected chi connectivity index (χ4v) is 4.64. The summed E-state index contributed by atoms with van der Waals surface area (Å²) in [7, 11) is 0.